The standard InChI is InChI=1S/C16H22N2OS/c19-11-10-13(12-6-2-1-3-7-12)17-16-18-14-8-4-5-9-15(14)20-16/h4-5,8-9,12-13,19H,1-3,6-7,10-11H2,(H,17,18)/t13-/m1/s1. The Kier molecular flexibility index (Phi) is 4.53. The van der Waals surface area contributed by atoms with Gasteiger partial charge in [-0.25, -0.2) is 4.98 Å². The summed E-state index contributed by atoms with van der Waals surface area (Å²) in [6.07, 6.45) is 7.40. The molecule has 0 saturated heterocycles. The first kappa shape index (κ1) is 13.8. The molecule has 1 aliphatic carbocycles. The fourth-order valence-corrected chi connectivity index (χ4v) is 4.12. The molecular weight excluding hydrogens is 268 g/mol. The van der Waals surface area contributed by atoms with Gasteiger partial charge < -0.3 is 10.4 Å². The molecular formula is C16H22N2OS. The van der Waals surface area contributed by atoms with Gasteiger partial charge in [-0.2, -0.15) is 0 Å². The Morgan fingerprint density at radius 3 is 2.80 bits per heavy atom. The number of para-hydroxylation sites is 1. The molecule has 1 fully saturated rings. The van der Waals surface area contributed by atoms with Gasteiger partial charge in [0.1, 0.15) is 0 Å². The van der Waals surface area contributed by atoms with E-state index in [0.29, 0.717) is 12.0 Å². The normalized spacial score (nSPS) is 18.2. The number of fused-ring (bicyclic) bond motifs is 1. The van der Waals surface area contributed by atoms with Crippen molar-refractivity contribution in [3.05, 3.63) is 24.3 Å². The lowest BCUT2D eigenvalue weighted by Gasteiger charge is -2.30. The number of thiazole rings is 1. The Balaban J connectivity index is 1.74. The van der Waals surface area contributed by atoms with Gasteiger partial charge in [0.25, 0.3) is 0 Å². The van der Waals surface area contributed by atoms with Crippen molar-refractivity contribution in [3.63, 3.8) is 0 Å². The fraction of sp³-hybridized carbons (Fsp3) is 0.562. The van der Waals surface area contributed by atoms with E-state index in [9.17, 15) is 5.11 Å². The van der Waals surface area contributed by atoms with Crippen LogP contribution in [0.25, 0.3) is 10.2 Å². The summed E-state index contributed by atoms with van der Waals surface area (Å²) >= 11 is 1.71. The van der Waals surface area contributed by atoms with Crippen LogP contribution < -0.4 is 5.32 Å². The van der Waals surface area contributed by atoms with E-state index in [2.05, 4.69) is 28.5 Å². The van der Waals surface area contributed by atoms with E-state index in [-0.39, 0.29) is 6.61 Å². The van der Waals surface area contributed by atoms with Gasteiger partial charge in [0.2, 0.25) is 0 Å². The van der Waals surface area contributed by atoms with Crippen LogP contribution >= 0.6 is 11.3 Å². The second-order valence-electron chi connectivity index (χ2n) is 5.65. The maximum atomic E-state index is 9.33. The molecule has 0 unspecified atom stereocenters. The predicted octanol–water partition coefficient (Wildman–Crippen LogP) is 4.04. The zero-order valence-corrected chi connectivity index (χ0v) is 12.5. The van der Waals surface area contributed by atoms with Crippen LogP contribution in [0.1, 0.15) is 38.5 Å². The van der Waals surface area contributed by atoms with E-state index in [4.69, 9.17) is 0 Å². The molecule has 0 bridgehead atoms. The Bertz CT molecular complexity index is 515. The lowest BCUT2D eigenvalue weighted by molar-refractivity contribution is 0.239. The number of hydrogen-bond donors (Lipinski definition) is 2. The highest BCUT2D eigenvalue weighted by Gasteiger charge is 2.24. The zero-order valence-electron chi connectivity index (χ0n) is 11.7. The number of aliphatic hydroxyl groups is 1. The number of anilines is 1. The molecule has 3 rings (SSSR count). The SMILES string of the molecule is OCC[C@@H](Nc1nc2ccccc2s1)C1CCCCC1. The molecule has 0 aliphatic heterocycles. The number of aromatic nitrogens is 1. The number of rotatable bonds is 5. The Hall–Kier alpha value is -1.13. The van der Waals surface area contributed by atoms with Crippen LogP contribution in [0.3, 0.4) is 0 Å². The molecule has 0 radical (unpaired) electrons. The minimum Gasteiger partial charge on any atom is -0.396 e. The van der Waals surface area contributed by atoms with E-state index in [1.807, 2.05) is 6.07 Å². The fourth-order valence-electron chi connectivity index (χ4n) is 3.19. The van der Waals surface area contributed by atoms with E-state index in [1.54, 1.807) is 11.3 Å². The quantitative estimate of drug-likeness (QED) is 0.873. The molecule has 0 amide bonds. The molecule has 1 aliphatic rings. The molecule has 0 spiro atoms. The second kappa shape index (κ2) is 6.55. The first-order valence-corrected chi connectivity index (χ1v) is 8.41. The average Bonchev–Trinajstić information content (AvgIpc) is 2.90. The molecule has 1 aromatic heterocycles. The highest BCUT2D eigenvalue weighted by atomic mass is 32.1. The highest BCUT2D eigenvalue weighted by Crippen LogP contribution is 2.32. The minimum absolute atomic E-state index is 0.249. The molecule has 1 atom stereocenters. The first-order chi connectivity index (χ1) is 9.86. The van der Waals surface area contributed by atoms with Crippen LogP contribution in [0.15, 0.2) is 24.3 Å². The minimum atomic E-state index is 0.249. The van der Waals surface area contributed by atoms with E-state index in [1.165, 1.54) is 36.8 Å². The van der Waals surface area contributed by atoms with Gasteiger partial charge in [-0.15, -0.1) is 0 Å². The number of aliphatic hydroxyl groups excluding tert-OH is 1. The molecule has 2 aromatic rings. The molecule has 108 valence electrons. The maximum Gasteiger partial charge on any atom is 0.184 e. The van der Waals surface area contributed by atoms with Gasteiger partial charge in [0, 0.05) is 12.6 Å². The van der Waals surface area contributed by atoms with Gasteiger partial charge in [0.15, 0.2) is 5.13 Å². The van der Waals surface area contributed by atoms with E-state index < -0.39 is 0 Å². The summed E-state index contributed by atoms with van der Waals surface area (Å²) in [4.78, 5) is 4.66. The monoisotopic (exact) mass is 290 g/mol. The van der Waals surface area contributed by atoms with Crippen LogP contribution in [0.5, 0.6) is 0 Å². The van der Waals surface area contributed by atoms with Gasteiger partial charge in [-0.3, -0.25) is 0 Å². The van der Waals surface area contributed by atoms with Gasteiger partial charge in [-0.1, -0.05) is 42.7 Å². The van der Waals surface area contributed by atoms with Crippen molar-refractivity contribution < 1.29 is 5.11 Å². The molecule has 3 nitrogen and oxygen atoms in total. The summed E-state index contributed by atoms with van der Waals surface area (Å²) in [6, 6.07) is 8.61. The number of nitrogens with one attached hydrogen (secondary N) is 1. The number of benzene rings is 1. The summed E-state index contributed by atoms with van der Waals surface area (Å²) in [5.74, 6) is 0.683. The van der Waals surface area contributed by atoms with Gasteiger partial charge >= 0.3 is 0 Å². The first-order valence-electron chi connectivity index (χ1n) is 7.60. The van der Waals surface area contributed by atoms with Crippen molar-refractivity contribution in [3.8, 4) is 0 Å². The summed E-state index contributed by atoms with van der Waals surface area (Å²) in [5.41, 5.74) is 1.06. The third-order valence-corrected chi connectivity index (χ3v) is 5.23. The van der Waals surface area contributed by atoms with Crippen molar-refractivity contribution in [1.29, 1.82) is 0 Å². The van der Waals surface area contributed by atoms with Crippen LogP contribution in [-0.2, 0) is 0 Å². The lowest BCUT2D eigenvalue weighted by atomic mass is 9.83. The maximum absolute atomic E-state index is 9.33. The number of hydrogen-bond acceptors (Lipinski definition) is 4. The Labute approximate surface area is 124 Å². The Morgan fingerprint density at radius 2 is 2.05 bits per heavy atom. The molecule has 20 heavy (non-hydrogen) atoms. The van der Waals surface area contributed by atoms with Crippen LogP contribution in [0.4, 0.5) is 5.13 Å². The van der Waals surface area contributed by atoms with Crippen molar-refractivity contribution in [1.82, 2.24) is 4.98 Å². The van der Waals surface area contributed by atoms with Crippen LogP contribution in [0, 0.1) is 5.92 Å². The Morgan fingerprint density at radius 1 is 1.25 bits per heavy atom. The zero-order chi connectivity index (χ0) is 13.8. The highest BCUT2D eigenvalue weighted by molar-refractivity contribution is 7.22. The van der Waals surface area contributed by atoms with Crippen molar-refractivity contribution in [2.45, 2.75) is 44.6 Å². The lowest BCUT2D eigenvalue weighted by Crippen LogP contribution is -2.31. The molecule has 1 aromatic carbocycles. The molecule has 1 heterocycles. The molecule has 1 saturated carbocycles. The van der Waals surface area contributed by atoms with Gasteiger partial charge in [0.05, 0.1) is 10.2 Å². The molecule has 2 N–H and O–H groups in total. The van der Waals surface area contributed by atoms with Crippen LogP contribution in [-0.4, -0.2) is 22.7 Å². The van der Waals surface area contributed by atoms with E-state index in [0.717, 1.165) is 17.1 Å². The molecule has 4 heteroatoms. The predicted molar refractivity (Wildman–Crippen MR) is 85.3 cm³/mol. The summed E-state index contributed by atoms with van der Waals surface area (Å²) in [7, 11) is 0. The average molecular weight is 290 g/mol. The third-order valence-electron chi connectivity index (χ3n) is 4.26. The smallest absolute Gasteiger partial charge is 0.184 e. The summed E-state index contributed by atoms with van der Waals surface area (Å²) in [6.45, 7) is 0.249. The van der Waals surface area contributed by atoms with Crippen molar-refractivity contribution in [2.75, 3.05) is 11.9 Å². The largest absolute Gasteiger partial charge is 0.396 e. The second-order valence-corrected chi connectivity index (χ2v) is 6.68. The number of nitrogens with zero attached hydrogens (tertiary/aromatic N) is 1. The topological polar surface area (TPSA) is 45.1 Å². The summed E-state index contributed by atoms with van der Waals surface area (Å²) < 4.78 is 1.22. The van der Waals surface area contributed by atoms with Crippen molar-refractivity contribution >= 4 is 26.7 Å². The van der Waals surface area contributed by atoms with Crippen LogP contribution in [0.2, 0.25) is 0 Å². The van der Waals surface area contributed by atoms with Gasteiger partial charge in [-0.05, 0) is 37.3 Å². The third kappa shape index (κ3) is 3.13. The summed E-state index contributed by atoms with van der Waals surface area (Å²) in [5, 5.41) is 13.9. The van der Waals surface area contributed by atoms with Crippen molar-refractivity contribution in [2.24, 2.45) is 5.92 Å². The van der Waals surface area contributed by atoms with E-state index >= 15 is 0 Å².